The van der Waals surface area contributed by atoms with Gasteiger partial charge in [-0.1, -0.05) is 37.1 Å². The van der Waals surface area contributed by atoms with Gasteiger partial charge in [-0.25, -0.2) is 0 Å². The molecule has 3 atom stereocenters. The minimum absolute atomic E-state index is 0.362. The molecule has 0 aromatic carbocycles. The molecule has 1 aliphatic carbocycles. The van der Waals surface area contributed by atoms with Crippen LogP contribution >= 0.6 is 0 Å². The zero-order valence-corrected chi connectivity index (χ0v) is 13.6. The summed E-state index contributed by atoms with van der Waals surface area (Å²) in [6, 6.07) is 1.31. The number of allylic oxidation sites excluding steroid dienone is 2. The fourth-order valence-electron chi connectivity index (χ4n) is 3.31. The Morgan fingerprint density at radius 3 is 2.57 bits per heavy atom. The standard InChI is InChI=1S/C17H28N4/c1-11(2)16-10-21(6-5-18-16)17-9-19-14-7-12(3)13(4)8-15(14)20-17/h7-9,11,14-16,18-20H,5-6,10H2,1-4H3. The normalized spacial score (nSPS) is 32.5. The summed E-state index contributed by atoms with van der Waals surface area (Å²) in [5.41, 5.74) is 2.76. The summed E-state index contributed by atoms with van der Waals surface area (Å²) in [7, 11) is 0. The highest BCUT2D eigenvalue weighted by Crippen LogP contribution is 2.22. The van der Waals surface area contributed by atoms with Crippen LogP contribution in [-0.2, 0) is 0 Å². The SMILES string of the molecule is CC1=CC2NC=C(N3CCNC(C(C)C)C3)NC2C=C1C. The second kappa shape index (κ2) is 5.76. The minimum atomic E-state index is 0.362. The Bertz CT molecular complexity index is 489. The van der Waals surface area contributed by atoms with E-state index in [2.05, 4.69) is 66.9 Å². The highest BCUT2D eigenvalue weighted by molar-refractivity contribution is 5.37. The molecule has 0 amide bonds. The molecular weight excluding hydrogens is 260 g/mol. The van der Waals surface area contributed by atoms with Gasteiger partial charge in [-0.05, 0) is 19.8 Å². The van der Waals surface area contributed by atoms with Gasteiger partial charge in [0.1, 0.15) is 5.82 Å². The van der Waals surface area contributed by atoms with E-state index in [1.165, 1.54) is 17.0 Å². The van der Waals surface area contributed by atoms with Gasteiger partial charge in [-0.2, -0.15) is 0 Å². The van der Waals surface area contributed by atoms with Gasteiger partial charge in [0.2, 0.25) is 0 Å². The Morgan fingerprint density at radius 1 is 1.14 bits per heavy atom. The molecule has 0 saturated carbocycles. The van der Waals surface area contributed by atoms with Crippen molar-refractivity contribution in [1.82, 2.24) is 20.9 Å². The molecule has 0 aromatic heterocycles. The Kier molecular flexibility index (Phi) is 3.98. The maximum Gasteiger partial charge on any atom is 0.118 e. The fraction of sp³-hybridized carbons (Fsp3) is 0.647. The van der Waals surface area contributed by atoms with E-state index in [4.69, 9.17) is 0 Å². The van der Waals surface area contributed by atoms with E-state index < -0.39 is 0 Å². The predicted molar refractivity (Wildman–Crippen MR) is 87.6 cm³/mol. The van der Waals surface area contributed by atoms with Crippen molar-refractivity contribution in [2.75, 3.05) is 19.6 Å². The molecule has 3 unspecified atom stereocenters. The van der Waals surface area contributed by atoms with E-state index in [9.17, 15) is 0 Å². The van der Waals surface area contributed by atoms with Gasteiger partial charge in [0.25, 0.3) is 0 Å². The van der Waals surface area contributed by atoms with Crippen molar-refractivity contribution >= 4 is 0 Å². The highest BCUT2D eigenvalue weighted by atomic mass is 15.3. The summed E-state index contributed by atoms with van der Waals surface area (Å²) >= 11 is 0. The minimum Gasteiger partial charge on any atom is -0.379 e. The Morgan fingerprint density at radius 2 is 1.86 bits per heavy atom. The van der Waals surface area contributed by atoms with Gasteiger partial charge in [-0.3, -0.25) is 0 Å². The lowest BCUT2D eigenvalue weighted by Gasteiger charge is -2.42. The number of piperazine rings is 1. The first-order valence-corrected chi connectivity index (χ1v) is 8.13. The smallest absolute Gasteiger partial charge is 0.118 e. The van der Waals surface area contributed by atoms with E-state index in [1.54, 1.807) is 0 Å². The lowest BCUT2D eigenvalue weighted by molar-refractivity contribution is 0.194. The van der Waals surface area contributed by atoms with Gasteiger partial charge < -0.3 is 20.9 Å². The van der Waals surface area contributed by atoms with Crippen molar-refractivity contribution in [3.05, 3.63) is 35.3 Å². The van der Waals surface area contributed by atoms with E-state index in [0.29, 0.717) is 24.0 Å². The zero-order valence-electron chi connectivity index (χ0n) is 13.6. The first-order chi connectivity index (χ1) is 10.0. The summed E-state index contributed by atoms with van der Waals surface area (Å²) < 4.78 is 0. The van der Waals surface area contributed by atoms with Crippen molar-refractivity contribution in [3.8, 4) is 0 Å². The lowest BCUT2D eigenvalue weighted by Crippen LogP contribution is -2.58. The molecule has 21 heavy (non-hydrogen) atoms. The molecule has 0 spiro atoms. The van der Waals surface area contributed by atoms with Crippen LogP contribution in [0.4, 0.5) is 0 Å². The average Bonchev–Trinajstić information content (AvgIpc) is 2.48. The topological polar surface area (TPSA) is 39.3 Å². The van der Waals surface area contributed by atoms with Crippen LogP contribution in [0.5, 0.6) is 0 Å². The van der Waals surface area contributed by atoms with Gasteiger partial charge >= 0.3 is 0 Å². The van der Waals surface area contributed by atoms with Crippen LogP contribution in [0.15, 0.2) is 35.3 Å². The van der Waals surface area contributed by atoms with Crippen molar-refractivity contribution in [2.24, 2.45) is 5.92 Å². The van der Waals surface area contributed by atoms with Crippen LogP contribution < -0.4 is 16.0 Å². The first kappa shape index (κ1) is 14.5. The van der Waals surface area contributed by atoms with E-state index in [1.807, 2.05) is 0 Å². The second-order valence-corrected chi connectivity index (χ2v) is 6.84. The molecule has 116 valence electrons. The van der Waals surface area contributed by atoms with Crippen LogP contribution in [0.1, 0.15) is 27.7 Å². The van der Waals surface area contributed by atoms with Crippen molar-refractivity contribution < 1.29 is 0 Å². The number of nitrogens with one attached hydrogen (secondary N) is 3. The maximum atomic E-state index is 3.71. The zero-order chi connectivity index (χ0) is 15.0. The average molecular weight is 288 g/mol. The van der Waals surface area contributed by atoms with E-state index in [-0.39, 0.29) is 0 Å². The van der Waals surface area contributed by atoms with Crippen LogP contribution in [0.3, 0.4) is 0 Å². The van der Waals surface area contributed by atoms with Gasteiger partial charge in [0.05, 0.1) is 12.1 Å². The van der Waals surface area contributed by atoms with Crippen LogP contribution in [-0.4, -0.2) is 42.7 Å². The summed E-state index contributed by atoms with van der Waals surface area (Å²) in [6.45, 7) is 12.2. The lowest BCUT2D eigenvalue weighted by atomic mass is 9.92. The molecule has 1 saturated heterocycles. The van der Waals surface area contributed by atoms with Gasteiger partial charge in [0.15, 0.2) is 0 Å². The molecule has 3 N–H and O–H groups in total. The number of rotatable bonds is 2. The molecule has 2 aliphatic heterocycles. The second-order valence-electron chi connectivity index (χ2n) is 6.84. The quantitative estimate of drug-likeness (QED) is 0.721. The van der Waals surface area contributed by atoms with Crippen molar-refractivity contribution in [3.63, 3.8) is 0 Å². The monoisotopic (exact) mass is 288 g/mol. The Balaban J connectivity index is 1.71. The van der Waals surface area contributed by atoms with Gasteiger partial charge in [0, 0.05) is 31.9 Å². The summed E-state index contributed by atoms with van der Waals surface area (Å²) in [5.74, 6) is 1.90. The predicted octanol–water partition coefficient (Wildman–Crippen LogP) is 1.55. The molecule has 0 bridgehead atoms. The Hall–Kier alpha value is -1.42. The maximum absolute atomic E-state index is 3.71. The molecule has 3 rings (SSSR count). The molecular formula is C17H28N4. The van der Waals surface area contributed by atoms with Gasteiger partial charge in [-0.15, -0.1) is 0 Å². The molecule has 0 aromatic rings. The fourth-order valence-corrected chi connectivity index (χ4v) is 3.31. The van der Waals surface area contributed by atoms with E-state index in [0.717, 1.165) is 19.6 Å². The Labute approximate surface area is 128 Å². The van der Waals surface area contributed by atoms with Crippen molar-refractivity contribution in [2.45, 2.75) is 45.8 Å². The van der Waals surface area contributed by atoms with E-state index >= 15 is 0 Å². The van der Waals surface area contributed by atoms with Crippen LogP contribution in [0.25, 0.3) is 0 Å². The third kappa shape index (κ3) is 2.95. The molecule has 2 heterocycles. The number of hydrogen-bond donors (Lipinski definition) is 3. The summed E-state index contributed by atoms with van der Waals surface area (Å²) in [4.78, 5) is 2.47. The third-order valence-corrected chi connectivity index (χ3v) is 4.95. The molecule has 0 radical (unpaired) electrons. The molecule has 3 aliphatic rings. The first-order valence-electron chi connectivity index (χ1n) is 8.13. The van der Waals surface area contributed by atoms with Crippen LogP contribution in [0, 0.1) is 5.92 Å². The number of nitrogens with zero attached hydrogens (tertiary/aromatic N) is 1. The number of fused-ring (bicyclic) bond motifs is 1. The third-order valence-electron chi connectivity index (χ3n) is 4.95. The molecule has 1 fully saturated rings. The summed E-state index contributed by atoms with van der Waals surface area (Å²) in [5, 5.41) is 10.9. The molecule has 4 nitrogen and oxygen atoms in total. The largest absolute Gasteiger partial charge is 0.379 e. The number of hydrogen-bond acceptors (Lipinski definition) is 4. The van der Waals surface area contributed by atoms with Crippen molar-refractivity contribution in [1.29, 1.82) is 0 Å². The summed E-state index contributed by atoms with van der Waals surface area (Å²) in [6.07, 6.45) is 6.83. The highest BCUT2D eigenvalue weighted by Gasteiger charge is 2.29. The van der Waals surface area contributed by atoms with Crippen LogP contribution in [0.2, 0.25) is 0 Å². The molecule has 4 heteroatoms.